The maximum absolute atomic E-state index is 12.6. The lowest BCUT2D eigenvalue weighted by Gasteiger charge is -2.28. The van der Waals surface area contributed by atoms with Gasteiger partial charge < -0.3 is 0 Å². The Hall–Kier alpha value is -0.850. The van der Waals surface area contributed by atoms with Crippen molar-refractivity contribution in [3.63, 3.8) is 0 Å². The van der Waals surface area contributed by atoms with Crippen molar-refractivity contribution in [1.29, 1.82) is 0 Å². The Morgan fingerprint density at radius 2 is 1.19 bits per heavy atom. The summed E-state index contributed by atoms with van der Waals surface area (Å²) in [6, 6.07) is 0. The molecule has 6 unspecified atom stereocenters. The van der Waals surface area contributed by atoms with E-state index in [9.17, 15) is 4.79 Å². The van der Waals surface area contributed by atoms with E-state index in [0.717, 1.165) is 23.7 Å². The number of carbonyl (C=O) groups excluding carboxylic acids is 1. The zero-order valence-electron chi connectivity index (χ0n) is 9.25. The van der Waals surface area contributed by atoms with E-state index in [1.165, 1.54) is 12.8 Å². The molecular weight excluding hydrogens is 196 g/mol. The molecule has 3 fully saturated rings. The van der Waals surface area contributed by atoms with Crippen LogP contribution in [0.1, 0.15) is 12.8 Å². The summed E-state index contributed by atoms with van der Waals surface area (Å²) in [6.07, 6.45) is 12.1. The van der Waals surface area contributed by atoms with Crippen molar-refractivity contribution in [1.82, 2.24) is 0 Å². The van der Waals surface area contributed by atoms with Crippen molar-refractivity contribution in [2.24, 2.45) is 47.3 Å². The predicted octanol–water partition coefficient (Wildman–Crippen LogP) is 2.45. The van der Waals surface area contributed by atoms with Gasteiger partial charge in [-0.2, -0.15) is 0 Å². The van der Waals surface area contributed by atoms with Crippen LogP contribution < -0.4 is 0 Å². The minimum atomic E-state index is 0.426. The lowest BCUT2D eigenvalue weighted by atomic mass is 9.75. The average molecular weight is 212 g/mol. The van der Waals surface area contributed by atoms with Crippen LogP contribution in [0.15, 0.2) is 24.3 Å². The number of fused-ring (bicyclic) bond motifs is 11. The fourth-order valence-electron chi connectivity index (χ4n) is 5.79. The van der Waals surface area contributed by atoms with Crippen LogP contribution in [-0.2, 0) is 4.79 Å². The van der Waals surface area contributed by atoms with Gasteiger partial charge in [0, 0.05) is 11.8 Å². The predicted molar refractivity (Wildman–Crippen MR) is 60.4 cm³/mol. The second kappa shape index (κ2) is 2.37. The van der Waals surface area contributed by atoms with Crippen LogP contribution in [0.4, 0.5) is 0 Å². The van der Waals surface area contributed by atoms with Gasteiger partial charge in [-0.15, -0.1) is 0 Å². The van der Waals surface area contributed by atoms with Crippen molar-refractivity contribution >= 4 is 5.78 Å². The van der Waals surface area contributed by atoms with Gasteiger partial charge >= 0.3 is 0 Å². The van der Waals surface area contributed by atoms with Gasteiger partial charge in [-0.3, -0.25) is 4.79 Å². The summed E-state index contributed by atoms with van der Waals surface area (Å²) >= 11 is 0. The van der Waals surface area contributed by atoms with Crippen LogP contribution in [-0.4, -0.2) is 5.78 Å². The van der Waals surface area contributed by atoms with Crippen molar-refractivity contribution < 1.29 is 4.79 Å². The minimum Gasteiger partial charge on any atom is -0.299 e. The molecule has 0 heterocycles. The van der Waals surface area contributed by atoms with Gasteiger partial charge in [0.25, 0.3) is 0 Å². The van der Waals surface area contributed by atoms with Crippen LogP contribution in [0.3, 0.4) is 0 Å². The van der Waals surface area contributed by atoms with E-state index in [0.29, 0.717) is 29.5 Å². The summed E-state index contributed by atoms with van der Waals surface area (Å²) in [5.41, 5.74) is 0. The first-order valence-electron chi connectivity index (χ1n) is 6.75. The number of hydrogen-bond acceptors (Lipinski definition) is 1. The molecule has 4 bridgehead atoms. The highest BCUT2D eigenvalue weighted by molar-refractivity contribution is 5.89. The largest absolute Gasteiger partial charge is 0.299 e. The molecule has 5 aliphatic rings. The molecule has 82 valence electrons. The normalized spacial score (nSPS) is 63.4. The van der Waals surface area contributed by atoms with Crippen LogP contribution in [0.2, 0.25) is 0 Å². The molecule has 1 heteroatoms. The molecule has 16 heavy (non-hydrogen) atoms. The van der Waals surface area contributed by atoms with Crippen molar-refractivity contribution in [2.75, 3.05) is 0 Å². The number of rotatable bonds is 0. The fraction of sp³-hybridized carbons (Fsp3) is 0.667. The maximum atomic E-state index is 12.6. The number of ketones is 1. The van der Waals surface area contributed by atoms with E-state index in [1.807, 2.05) is 0 Å². The second-order valence-electron chi connectivity index (χ2n) is 6.51. The molecule has 0 saturated heterocycles. The average Bonchev–Trinajstić information content (AvgIpc) is 2.98. The van der Waals surface area contributed by atoms with Crippen molar-refractivity contribution in [2.45, 2.75) is 12.8 Å². The zero-order valence-corrected chi connectivity index (χ0v) is 9.25. The topological polar surface area (TPSA) is 17.1 Å². The highest BCUT2D eigenvalue weighted by Gasteiger charge is 2.65. The van der Waals surface area contributed by atoms with E-state index < -0.39 is 0 Å². The van der Waals surface area contributed by atoms with E-state index in [1.54, 1.807) is 0 Å². The number of Topliss-reactive ketones (excluding diaryl/α,β-unsaturated/α-hetero) is 1. The number of hydrogen-bond donors (Lipinski definition) is 0. The summed E-state index contributed by atoms with van der Waals surface area (Å²) in [6.45, 7) is 0. The molecule has 3 saturated carbocycles. The Morgan fingerprint density at radius 3 is 1.69 bits per heavy atom. The first kappa shape index (κ1) is 8.27. The molecule has 0 N–H and O–H groups in total. The van der Waals surface area contributed by atoms with Gasteiger partial charge in [0.05, 0.1) is 0 Å². The quantitative estimate of drug-likeness (QED) is 0.564. The molecule has 5 aliphatic carbocycles. The second-order valence-corrected chi connectivity index (χ2v) is 6.51. The fourth-order valence-corrected chi connectivity index (χ4v) is 5.79. The summed E-state index contributed by atoms with van der Waals surface area (Å²) in [7, 11) is 0. The van der Waals surface area contributed by atoms with Gasteiger partial charge in [-0.05, 0) is 48.3 Å². The zero-order chi connectivity index (χ0) is 10.4. The van der Waals surface area contributed by atoms with Crippen molar-refractivity contribution in [3.8, 4) is 0 Å². The summed E-state index contributed by atoms with van der Waals surface area (Å²) in [4.78, 5) is 12.6. The Labute approximate surface area is 95.6 Å². The standard InChI is InChI=1S/C15H16O/c16-15-13-9-3-1-7(5-9)11(13)12-8-2-4-10(6-8)14(12)15/h1-4,7-14H,5-6H2/t7?,8?,9?,10?,11-,12?,13-,14?/m0/s1. The maximum Gasteiger partial charge on any atom is 0.140 e. The third-order valence-corrected chi connectivity index (χ3v) is 6.14. The molecule has 0 aromatic rings. The first-order chi connectivity index (χ1) is 7.84. The SMILES string of the molecule is O=C1C2C3C=CC(C3)C2[C@@H]2C3C=CC(C3)[C@H]12. The molecule has 0 aliphatic heterocycles. The van der Waals surface area contributed by atoms with Crippen LogP contribution >= 0.6 is 0 Å². The molecular formula is C15H16O. The molecule has 8 atom stereocenters. The lowest BCUT2D eigenvalue weighted by Crippen LogP contribution is -2.24. The van der Waals surface area contributed by atoms with Gasteiger partial charge in [0.2, 0.25) is 0 Å². The minimum absolute atomic E-state index is 0.426. The number of carbonyl (C=O) groups is 1. The third kappa shape index (κ3) is 0.687. The van der Waals surface area contributed by atoms with Crippen molar-refractivity contribution in [3.05, 3.63) is 24.3 Å². The molecule has 5 rings (SSSR count). The molecule has 0 aromatic heterocycles. The van der Waals surface area contributed by atoms with E-state index in [2.05, 4.69) is 24.3 Å². The van der Waals surface area contributed by atoms with E-state index >= 15 is 0 Å². The monoisotopic (exact) mass is 212 g/mol. The molecule has 0 amide bonds. The Bertz CT molecular complexity index is 406. The van der Waals surface area contributed by atoms with Crippen LogP contribution in [0.25, 0.3) is 0 Å². The van der Waals surface area contributed by atoms with Crippen LogP contribution in [0.5, 0.6) is 0 Å². The van der Waals surface area contributed by atoms with E-state index in [4.69, 9.17) is 0 Å². The Balaban J connectivity index is 1.67. The summed E-state index contributed by atoms with van der Waals surface area (Å²) in [5, 5.41) is 0. The van der Waals surface area contributed by atoms with Gasteiger partial charge in [-0.25, -0.2) is 0 Å². The van der Waals surface area contributed by atoms with Gasteiger partial charge in [0.15, 0.2) is 0 Å². The van der Waals surface area contributed by atoms with Gasteiger partial charge in [-0.1, -0.05) is 24.3 Å². The Morgan fingerprint density at radius 1 is 0.750 bits per heavy atom. The molecule has 1 nitrogen and oxygen atoms in total. The summed E-state index contributed by atoms with van der Waals surface area (Å²) in [5.74, 6) is 5.69. The van der Waals surface area contributed by atoms with E-state index in [-0.39, 0.29) is 0 Å². The number of allylic oxidation sites excluding steroid dienone is 4. The molecule has 0 spiro atoms. The van der Waals surface area contributed by atoms with Gasteiger partial charge in [0.1, 0.15) is 5.78 Å². The molecule has 0 aromatic carbocycles. The smallest absolute Gasteiger partial charge is 0.140 e. The third-order valence-electron chi connectivity index (χ3n) is 6.14. The first-order valence-corrected chi connectivity index (χ1v) is 6.75. The lowest BCUT2D eigenvalue weighted by molar-refractivity contribution is -0.125. The molecule has 0 radical (unpaired) electrons. The van der Waals surface area contributed by atoms with Crippen LogP contribution in [0, 0.1) is 47.3 Å². The summed E-state index contributed by atoms with van der Waals surface area (Å²) < 4.78 is 0. The Kier molecular flexibility index (Phi) is 1.22. The highest BCUT2D eigenvalue weighted by Crippen LogP contribution is 2.66. The highest BCUT2D eigenvalue weighted by atomic mass is 16.1.